The van der Waals surface area contributed by atoms with Crippen LogP contribution in [0.5, 0.6) is 5.75 Å². The van der Waals surface area contributed by atoms with Crippen molar-refractivity contribution in [1.82, 2.24) is 15.0 Å². The zero-order valence-electron chi connectivity index (χ0n) is 17.2. The summed E-state index contributed by atoms with van der Waals surface area (Å²) in [4.78, 5) is 1.53. The largest absolute Gasteiger partial charge is 0.505 e. The highest BCUT2D eigenvalue weighted by Crippen LogP contribution is 2.41. The minimum absolute atomic E-state index is 0.0719. The molecule has 0 saturated carbocycles. The van der Waals surface area contributed by atoms with Gasteiger partial charge in [0.25, 0.3) is 0 Å². The third-order valence-corrected chi connectivity index (χ3v) is 4.81. The van der Waals surface area contributed by atoms with E-state index >= 15 is 0 Å². The van der Waals surface area contributed by atoms with Gasteiger partial charge in [-0.3, -0.25) is 0 Å². The summed E-state index contributed by atoms with van der Waals surface area (Å²) in [6.45, 7) is 17.2. The topological polar surface area (TPSA) is 50.9 Å². The number of hydrogen-bond donors (Lipinski definition) is 1. The first kappa shape index (κ1) is 19.2. The number of aromatic nitrogens is 3. The Bertz CT molecular complexity index is 973. The van der Waals surface area contributed by atoms with E-state index in [2.05, 4.69) is 57.5 Å². The maximum atomic E-state index is 10.9. The van der Waals surface area contributed by atoms with Gasteiger partial charge < -0.3 is 5.11 Å². The number of benzene rings is 2. The lowest BCUT2D eigenvalue weighted by atomic mass is 9.72. The summed E-state index contributed by atoms with van der Waals surface area (Å²) < 4.78 is 0. The van der Waals surface area contributed by atoms with Crippen LogP contribution in [0.3, 0.4) is 0 Å². The van der Waals surface area contributed by atoms with Crippen molar-refractivity contribution < 1.29 is 5.11 Å². The summed E-state index contributed by atoms with van der Waals surface area (Å²) in [7, 11) is 0. The van der Waals surface area contributed by atoms with E-state index in [1.165, 1.54) is 4.80 Å². The van der Waals surface area contributed by atoms with Gasteiger partial charge in [-0.2, -0.15) is 0 Å². The van der Waals surface area contributed by atoms with E-state index in [9.17, 15) is 5.11 Å². The average Bonchev–Trinajstić information content (AvgIpc) is 2.96. The molecule has 0 amide bonds. The van der Waals surface area contributed by atoms with Gasteiger partial charge in [0.05, 0.1) is 0 Å². The molecular formula is C23H29N3O. The van der Waals surface area contributed by atoms with E-state index in [1.54, 1.807) is 0 Å². The van der Waals surface area contributed by atoms with Gasteiger partial charge in [-0.15, -0.1) is 15.0 Å². The third kappa shape index (κ3) is 3.90. The molecule has 4 heteroatoms. The summed E-state index contributed by atoms with van der Waals surface area (Å²) in [6, 6.07) is 11.8. The lowest BCUT2D eigenvalue weighted by molar-refractivity contribution is 0.284. The fourth-order valence-electron chi connectivity index (χ4n) is 3.88. The van der Waals surface area contributed by atoms with E-state index in [0.29, 0.717) is 5.69 Å². The number of hydrogen-bond acceptors (Lipinski definition) is 3. The molecule has 1 N–H and O–H groups in total. The van der Waals surface area contributed by atoms with Crippen LogP contribution >= 0.6 is 0 Å². The highest BCUT2D eigenvalue weighted by molar-refractivity contribution is 5.75. The van der Waals surface area contributed by atoms with Gasteiger partial charge in [0.1, 0.15) is 16.7 Å². The molecular weight excluding hydrogens is 334 g/mol. The summed E-state index contributed by atoms with van der Waals surface area (Å²) in [5, 5.41) is 20.0. The zero-order valence-corrected chi connectivity index (χ0v) is 17.2. The number of nitrogens with zero attached hydrogens (tertiary/aromatic N) is 3. The molecule has 4 nitrogen and oxygen atoms in total. The zero-order chi connectivity index (χ0) is 20.0. The molecule has 3 aromatic rings. The minimum atomic E-state index is -0.0719. The lowest BCUT2D eigenvalue weighted by Gasteiger charge is -2.33. The number of allylic oxidation sites excluding steroid dienone is 1. The van der Waals surface area contributed by atoms with Crippen molar-refractivity contribution in [3.63, 3.8) is 0 Å². The molecule has 3 rings (SSSR count). The lowest BCUT2D eigenvalue weighted by Crippen LogP contribution is -2.25. The second-order valence-corrected chi connectivity index (χ2v) is 9.27. The molecule has 0 spiro atoms. The molecule has 0 bridgehead atoms. The molecule has 27 heavy (non-hydrogen) atoms. The summed E-state index contributed by atoms with van der Waals surface area (Å²) >= 11 is 0. The van der Waals surface area contributed by atoms with E-state index in [-0.39, 0.29) is 16.6 Å². The molecule has 0 aliphatic carbocycles. The second-order valence-electron chi connectivity index (χ2n) is 9.27. The highest BCUT2D eigenvalue weighted by atomic mass is 16.3. The second kappa shape index (κ2) is 6.52. The smallest absolute Gasteiger partial charge is 0.150 e. The van der Waals surface area contributed by atoms with Gasteiger partial charge in [0, 0.05) is 5.56 Å². The Labute approximate surface area is 161 Å². The Kier molecular flexibility index (Phi) is 4.62. The molecule has 0 aliphatic rings. The van der Waals surface area contributed by atoms with E-state index in [0.717, 1.165) is 34.2 Å². The maximum absolute atomic E-state index is 10.9. The van der Waals surface area contributed by atoms with Crippen LogP contribution in [-0.2, 0) is 5.41 Å². The van der Waals surface area contributed by atoms with Crippen LogP contribution in [0.15, 0.2) is 43.0 Å². The molecule has 0 saturated heterocycles. The summed E-state index contributed by atoms with van der Waals surface area (Å²) in [5.74, 6) is 0.165. The van der Waals surface area contributed by atoms with Crippen molar-refractivity contribution in [1.29, 1.82) is 0 Å². The molecule has 1 heterocycles. The van der Waals surface area contributed by atoms with E-state index in [1.807, 2.05) is 37.3 Å². The first-order valence-corrected chi connectivity index (χ1v) is 9.34. The van der Waals surface area contributed by atoms with Crippen LogP contribution in [0.1, 0.15) is 59.1 Å². The van der Waals surface area contributed by atoms with E-state index in [4.69, 9.17) is 0 Å². The molecule has 0 atom stereocenters. The monoisotopic (exact) mass is 363 g/mol. The SMILES string of the molecule is C=C(C)c1cc(C(C)(C)CC(C)(C)C)cc(-n2nc3ccccc3n2)c1O. The Morgan fingerprint density at radius 1 is 1.04 bits per heavy atom. The van der Waals surface area contributed by atoms with Crippen LogP contribution in [0.4, 0.5) is 0 Å². The number of rotatable bonds is 4. The fraction of sp³-hybridized carbons (Fsp3) is 0.391. The fourth-order valence-corrected chi connectivity index (χ4v) is 3.88. The third-order valence-electron chi connectivity index (χ3n) is 4.81. The summed E-state index contributed by atoms with van der Waals surface area (Å²) in [5.41, 5.74) is 5.00. The van der Waals surface area contributed by atoms with E-state index < -0.39 is 0 Å². The first-order chi connectivity index (χ1) is 12.5. The Morgan fingerprint density at radius 3 is 2.07 bits per heavy atom. The number of phenols is 1. The van der Waals surface area contributed by atoms with Gasteiger partial charge in [0.15, 0.2) is 5.75 Å². The predicted molar refractivity (Wildman–Crippen MR) is 112 cm³/mol. The van der Waals surface area contributed by atoms with Gasteiger partial charge in [0.2, 0.25) is 0 Å². The van der Waals surface area contributed by atoms with Crippen molar-refractivity contribution in [2.45, 2.75) is 53.4 Å². The molecule has 2 aromatic carbocycles. The normalized spacial score (nSPS) is 12.5. The molecule has 1 aromatic heterocycles. The standard InChI is InChI=1S/C23H29N3O/c1-15(2)17-12-16(23(6,7)14-22(3,4)5)13-20(21(17)27)26-24-18-10-8-9-11-19(18)25-26/h8-13,27H,1,14H2,2-7H3. The van der Waals surface area contributed by atoms with Crippen LogP contribution in [0, 0.1) is 5.41 Å². The molecule has 142 valence electrons. The number of fused-ring (bicyclic) bond motifs is 1. The quantitative estimate of drug-likeness (QED) is 0.630. The Hall–Kier alpha value is -2.62. The molecule has 0 fully saturated rings. The number of phenolic OH excluding ortho intramolecular Hbond substituents is 1. The van der Waals surface area contributed by atoms with Crippen LogP contribution in [0.25, 0.3) is 22.3 Å². The molecule has 0 radical (unpaired) electrons. The van der Waals surface area contributed by atoms with Crippen molar-refractivity contribution in [3.05, 3.63) is 54.1 Å². The van der Waals surface area contributed by atoms with Gasteiger partial charge in [-0.05, 0) is 59.6 Å². The van der Waals surface area contributed by atoms with Crippen molar-refractivity contribution >= 4 is 16.6 Å². The molecule has 0 aliphatic heterocycles. The minimum Gasteiger partial charge on any atom is -0.505 e. The van der Waals surface area contributed by atoms with Gasteiger partial charge in [-0.1, -0.05) is 53.3 Å². The van der Waals surface area contributed by atoms with Crippen LogP contribution in [0.2, 0.25) is 0 Å². The average molecular weight is 364 g/mol. The van der Waals surface area contributed by atoms with Crippen LogP contribution in [-0.4, -0.2) is 20.1 Å². The van der Waals surface area contributed by atoms with Crippen LogP contribution < -0.4 is 0 Å². The predicted octanol–water partition coefficient (Wildman–Crippen LogP) is 5.87. The van der Waals surface area contributed by atoms with Crippen molar-refractivity contribution in [3.8, 4) is 11.4 Å². The number of aromatic hydroxyl groups is 1. The maximum Gasteiger partial charge on any atom is 0.150 e. The van der Waals surface area contributed by atoms with Gasteiger partial charge >= 0.3 is 0 Å². The first-order valence-electron chi connectivity index (χ1n) is 9.34. The van der Waals surface area contributed by atoms with Gasteiger partial charge in [-0.25, -0.2) is 0 Å². The highest BCUT2D eigenvalue weighted by Gasteiger charge is 2.29. The van der Waals surface area contributed by atoms with Crippen molar-refractivity contribution in [2.75, 3.05) is 0 Å². The Balaban J connectivity index is 2.21. The summed E-state index contributed by atoms with van der Waals surface area (Å²) in [6.07, 6.45) is 1.01. The Morgan fingerprint density at radius 2 is 1.59 bits per heavy atom. The molecule has 0 unspecified atom stereocenters. The van der Waals surface area contributed by atoms with Crippen molar-refractivity contribution in [2.24, 2.45) is 5.41 Å².